The van der Waals surface area contributed by atoms with Crippen LogP contribution in [0.5, 0.6) is 0 Å². The van der Waals surface area contributed by atoms with E-state index in [1.807, 2.05) is 12.1 Å². The molecule has 0 fully saturated rings. The number of hydrogen-bond acceptors (Lipinski definition) is 0. The molecule has 0 saturated carbocycles. The van der Waals surface area contributed by atoms with Crippen LogP contribution < -0.4 is 0 Å². The van der Waals surface area contributed by atoms with E-state index in [-0.39, 0.29) is 32.7 Å². The Bertz CT molecular complexity index is 489. The van der Waals surface area contributed by atoms with Crippen LogP contribution in [0.15, 0.2) is 42.5 Å². The van der Waals surface area contributed by atoms with Gasteiger partial charge in [-0.3, -0.25) is 0 Å². The van der Waals surface area contributed by atoms with Crippen LogP contribution in [0.25, 0.3) is 0 Å². The Morgan fingerprint density at radius 2 is 1.05 bits per heavy atom. The van der Waals surface area contributed by atoms with E-state index < -0.39 is 0 Å². The minimum absolute atomic E-state index is 0. The van der Waals surface area contributed by atoms with Gasteiger partial charge in [-0.05, 0) is 5.92 Å². The second-order valence-electron chi connectivity index (χ2n) is 6.40. The summed E-state index contributed by atoms with van der Waals surface area (Å²) >= 11 is 0. The number of rotatable bonds is 3. The quantitative estimate of drug-likeness (QED) is 0.554. The van der Waals surface area contributed by atoms with E-state index in [0.29, 0.717) is 17.8 Å². The van der Waals surface area contributed by atoms with E-state index in [0.717, 1.165) is 0 Å². The van der Waals surface area contributed by atoms with Gasteiger partial charge in [0.15, 0.2) is 0 Å². The van der Waals surface area contributed by atoms with E-state index >= 15 is 0 Å². The molecular formula is C21H28Y-2. The number of hydrogen-bond donors (Lipinski definition) is 0. The Labute approximate surface area is 162 Å². The molecule has 2 aromatic rings. The first-order valence-corrected chi connectivity index (χ1v) is 7.88. The van der Waals surface area contributed by atoms with Crippen molar-refractivity contribution < 1.29 is 32.7 Å². The van der Waals surface area contributed by atoms with Crippen LogP contribution >= 0.6 is 0 Å². The molecule has 0 aliphatic carbocycles. The largest absolute Gasteiger partial charge is 0.184 e. The Morgan fingerprint density at radius 3 is 1.36 bits per heavy atom. The van der Waals surface area contributed by atoms with Gasteiger partial charge >= 0.3 is 0 Å². The molecule has 0 heterocycles. The van der Waals surface area contributed by atoms with Gasteiger partial charge in [-0.2, -0.15) is 71.3 Å². The first-order chi connectivity index (χ1) is 9.91. The Morgan fingerprint density at radius 1 is 0.636 bits per heavy atom. The molecule has 0 atom stereocenters. The SMILES string of the molecule is CC(C)c1c[c-]cc(C(C)C)c1.CC(C)c1cc[c-]cc1.[Y]. The van der Waals surface area contributed by atoms with E-state index in [4.69, 9.17) is 0 Å². The first kappa shape index (κ1) is 21.5. The molecule has 117 valence electrons. The van der Waals surface area contributed by atoms with Crippen molar-refractivity contribution in [2.24, 2.45) is 0 Å². The molecule has 1 radical (unpaired) electrons. The molecule has 0 saturated heterocycles. The third-order valence-corrected chi connectivity index (χ3v) is 3.58. The molecular weight excluding hydrogens is 341 g/mol. The third kappa shape index (κ3) is 7.70. The van der Waals surface area contributed by atoms with Crippen molar-refractivity contribution in [3.05, 3.63) is 71.3 Å². The van der Waals surface area contributed by atoms with Crippen LogP contribution in [0.3, 0.4) is 0 Å². The van der Waals surface area contributed by atoms with Crippen molar-refractivity contribution in [2.45, 2.75) is 59.3 Å². The minimum Gasteiger partial charge on any atom is -0.184 e. The normalized spacial score (nSPS) is 10.2. The fourth-order valence-corrected chi connectivity index (χ4v) is 1.96. The van der Waals surface area contributed by atoms with Gasteiger partial charge < -0.3 is 0 Å². The standard InChI is InChI=1S/C12H17.C9H11.Y/c1-9(2)11-6-5-7-12(8-11)10(3)4;1-8(2)9-6-4-3-5-7-9;/h6-10H,1-4H3;4-8H,1-2H3;/q2*-1;. The molecule has 1 heteroatoms. The summed E-state index contributed by atoms with van der Waals surface area (Å²) in [5.74, 6) is 1.86. The predicted octanol–water partition coefficient (Wildman–Crippen LogP) is 6.34. The zero-order chi connectivity index (χ0) is 15.8. The van der Waals surface area contributed by atoms with Gasteiger partial charge in [0.2, 0.25) is 0 Å². The number of benzene rings is 2. The zero-order valence-electron chi connectivity index (χ0n) is 14.9. The molecule has 0 nitrogen and oxygen atoms in total. The summed E-state index contributed by atoms with van der Waals surface area (Å²) in [4.78, 5) is 0. The Kier molecular flexibility index (Phi) is 10.9. The third-order valence-electron chi connectivity index (χ3n) is 3.58. The smallest absolute Gasteiger partial charge is 0 e. The van der Waals surface area contributed by atoms with E-state index in [1.165, 1.54) is 16.7 Å². The molecule has 2 aromatic carbocycles. The predicted molar refractivity (Wildman–Crippen MR) is 92.8 cm³/mol. The topological polar surface area (TPSA) is 0 Å². The molecule has 0 aliphatic rings. The van der Waals surface area contributed by atoms with Gasteiger partial charge in [-0.1, -0.05) is 53.4 Å². The second-order valence-corrected chi connectivity index (χ2v) is 6.40. The van der Waals surface area contributed by atoms with Crippen LogP contribution in [0.2, 0.25) is 0 Å². The van der Waals surface area contributed by atoms with E-state index in [2.05, 4.69) is 84.0 Å². The van der Waals surface area contributed by atoms with Gasteiger partial charge in [-0.15, -0.1) is 0 Å². The summed E-state index contributed by atoms with van der Waals surface area (Å²) in [6.07, 6.45) is 0. The Balaban J connectivity index is 0.000000397. The summed E-state index contributed by atoms with van der Waals surface area (Å²) in [6, 6.07) is 20.7. The monoisotopic (exact) mass is 369 g/mol. The van der Waals surface area contributed by atoms with Crippen molar-refractivity contribution >= 4 is 0 Å². The molecule has 0 unspecified atom stereocenters. The average molecular weight is 369 g/mol. The maximum Gasteiger partial charge on any atom is 0 e. The molecule has 22 heavy (non-hydrogen) atoms. The fraction of sp³-hybridized carbons (Fsp3) is 0.429. The molecule has 0 aliphatic heterocycles. The first-order valence-electron chi connectivity index (χ1n) is 7.88. The maximum atomic E-state index is 3.19. The maximum absolute atomic E-state index is 3.19. The molecule has 0 bridgehead atoms. The molecule has 0 amide bonds. The van der Waals surface area contributed by atoms with Crippen molar-refractivity contribution in [3.63, 3.8) is 0 Å². The van der Waals surface area contributed by atoms with Gasteiger partial charge in [0.25, 0.3) is 0 Å². The van der Waals surface area contributed by atoms with E-state index in [1.54, 1.807) is 0 Å². The Hall–Kier alpha value is -0.456. The average Bonchev–Trinajstić information content (AvgIpc) is 2.49. The van der Waals surface area contributed by atoms with Crippen LogP contribution in [0.1, 0.15) is 76.0 Å². The fourth-order valence-electron chi connectivity index (χ4n) is 1.96. The van der Waals surface area contributed by atoms with Gasteiger partial charge in [0.1, 0.15) is 0 Å². The zero-order valence-corrected chi connectivity index (χ0v) is 17.7. The van der Waals surface area contributed by atoms with Crippen LogP contribution in [0.4, 0.5) is 0 Å². The van der Waals surface area contributed by atoms with Gasteiger partial charge in [-0.25, -0.2) is 0 Å². The van der Waals surface area contributed by atoms with Crippen LogP contribution in [-0.2, 0) is 32.7 Å². The van der Waals surface area contributed by atoms with Crippen LogP contribution in [-0.4, -0.2) is 0 Å². The summed E-state index contributed by atoms with van der Waals surface area (Å²) in [6.45, 7) is 13.2. The van der Waals surface area contributed by atoms with Crippen molar-refractivity contribution in [2.75, 3.05) is 0 Å². The summed E-state index contributed by atoms with van der Waals surface area (Å²) < 4.78 is 0. The van der Waals surface area contributed by atoms with E-state index in [9.17, 15) is 0 Å². The van der Waals surface area contributed by atoms with Crippen molar-refractivity contribution in [1.82, 2.24) is 0 Å². The molecule has 0 spiro atoms. The van der Waals surface area contributed by atoms with Crippen LogP contribution in [0, 0.1) is 12.1 Å². The molecule has 0 N–H and O–H groups in total. The minimum atomic E-state index is 0. The van der Waals surface area contributed by atoms with Crippen molar-refractivity contribution in [3.8, 4) is 0 Å². The van der Waals surface area contributed by atoms with Gasteiger partial charge in [0, 0.05) is 32.7 Å². The summed E-state index contributed by atoms with van der Waals surface area (Å²) in [5.41, 5.74) is 4.16. The summed E-state index contributed by atoms with van der Waals surface area (Å²) in [7, 11) is 0. The molecule has 0 aromatic heterocycles. The van der Waals surface area contributed by atoms with Gasteiger partial charge in [0.05, 0.1) is 0 Å². The van der Waals surface area contributed by atoms with Crippen molar-refractivity contribution in [1.29, 1.82) is 0 Å². The second kappa shape index (κ2) is 11.1. The molecule has 2 rings (SSSR count). The summed E-state index contributed by atoms with van der Waals surface area (Å²) in [5, 5.41) is 0.